The second kappa shape index (κ2) is 13.4. The van der Waals surface area contributed by atoms with Crippen molar-refractivity contribution >= 4 is 0 Å². The molecule has 2 aliphatic rings. The van der Waals surface area contributed by atoms with Crippen LogP contribution >= 0.6 is 0 Å². The standard InChI is InChI=1S/C22H29N.C20H25N/c1-15-9-16(2)12-19(11-15)22(5,21-7-6-8-23-21)20-13-17(3)10-18(4)14-20;1-15-9-4-6-11-17(15)20(3,19-13-8-14-21-19)18-12-7-5-10-16(18)2/h9-14,21,23H,6-8H2,1-5H3;4-7,9-12,19,21H,8,13-14H2,1-3H3. The molecule has 0 bridgehead atoms. The summed E-state index contributed by atoms with van der Waals surface area (Å²) in [5.74, 6) is 0. The zero-order valence-electron chi connectivity index (χ0n) is 28.5. The van der Waals surface area contributed by atoms with Crippen LogP contribution in [0.4, 0.5) is 0 Å². The highest BCUT2D eigenvalue weighted by atomic mass is 15.0. The molecule has 232 valence electrons. The van der Waals surface area contributed by atoms with Crippen molar-refractivity contribution in [1.29, 1.82) is 0 Å². The molecule has 2 nitrogen and oxygen atoms in total. The molecule has 2 heteroatoms. The third kappa shape index (κ3) is 6.44. The van der Waals surface area contributed by atoms with Crippen molar-refractivity contribution in [2.45, 2.75) is 104 Å². The number of aryl methyl sites for hydroxylation is 6. The molecular formula is C42H54N2. The van der Waals surface area contributed by atoms with Gasteiger partial charge >= 0.3 is 0 Å². The Hall–Kier alpha value is -3.20. The number of hydrogen-bond acceptors (Lipinski definition) is 2. The Morgan fingerprint density at radius 2 is 0.864 bits per heavy atom. The van der Waals surface area contributed by atoms with E-state index < -0.39 is 0 Å². The van der Waals surface area contributed by atoms with E-state index in [0.29, 0.717) is 12.1 Å². The van der Waals surface area contributed by atoms with Crippen molar-refractivity contribution in [3.63, 3.8) is 0 Å². The zero-order valence-corrected chi connectivity index (χ0v) is 28.5. The van der Waals surface area contributed by atoms with Crippen molar-refractivity contribution < 1.29 is 0 Å². The molecule has 2 heterocycles. The van der Waals surface area contributed by atoms with Crippen molar-refractivity contribution in [3.05, 3.63) is 141 Å². The molecule has 0 amide bonds. The number of rotatable bonds is 6. The lowest BCUT2D eigenvalue weighted by Crippen LogP contribution is -2.44. The minimum atomic E-state index is 0.0179. The predicted molar refractivity (Wildman–Crippen MR) is 189 cm³/mol. The summed E-state index contributed by atoms with van der Waals surface area (Å²) in [5.41, 5.74) is 14.0. The fraction of sp³-hybridized carbons (Fsp3) is 0.429. The molecule has 44 heavy (non-hydrogen) atoms. The fourth-order valence-electron chi connectivity index (χ4n) is 8.30. The van der Waals surface area contributed by atoms with E-state index in [1.807, 2.05) is 0 Å². The molecule has 2 unspecified atom stereocenters. The van der Waals surface area contributed by atoms with Crippen molar-refractivity contribution in [2.24, 2.45) is 0 Å². The van der Waals surface area contributed by atoms with Crippen LogP contribution in [-0.2, 0) is 10.8 Å². The average molecular weight is 587 g/mol. The van der Waals surface area contributed by atoms with Gasteiger partial charge in [0.15, 0.2) is 0 Å². The summed E-state index contributed by atoms with van der Waals surface area (Å²) < 4.78 is 0. The van der Waals surface area contributed by atoms with Gasteiger partial charge in [-0.25, -0.2) is 0 Å². The third-order valence-corrected chi connectivity index (χ3v) is 10.6. The first-order valence-corrected chi connectivity index (χ1v) is 16.8. The van der Waals surface area contributed by atoms with Crippen LogP contribution in [0.2, 0.25) is 0 Å². The van der Waals surface area contributed by atoms with Crippen molar-refractivity contribution in [2.75, 3.05) is 13.1 Å². The van der Waals surface area contributed by atoms with Crippen LogP contribution in [0.1, 0.15) is 95.2 Å². The summed E-state index contributed by atoms with van der Waals surface area (Å²) in [4.78, 5) is 0. The monoisotopic (exact) mass is 586 g/mol. The number of hydrogen-bond donors (Lipinski definition) is 2. The third-order valence-electron chi connectivity index (χ3n) is 10.6. The molecule has 4 aromatic carbocycles. The molecule has 0 aliphatic carbocycles. The highest BCUT2D eigenvalue weighted by molar-refractivity contribution is 5.48. The lowest BCUT2D eigenvalue weighted by atomic mass is 9.67. The van der Waals surface area contributed by atoms with Gasteiger partial charge in [-0.05, 0) is 128 Å². The van der Waals surface area contributed by atoms with E-state index in [1.54, 1.807) is 0 Å². The maximum Gasteiger partial charge on any atom is 0.0332 e. The molecule has 2 N–H and O–H groups in total. The first-order chi connectivity index (χ1) is 21.0. The lowest BCUT2D eigenvalue weighted by molar-refractivity contribution is 0.403. The maximum atomic E-state index is 3.77. The van der Waals surface area contributed by atoms with Crippen LogP contribution in [-0.4, -0.2) is 25.2 Å². The summed E-state index contributed by atoms with van der Waals surface area (Å²) in [7, 11) is 0. The Balaban J connectivity index is 0.000000175. The molecule has 2 saturated heterocycles. The Labute approximate surface area is 267 Å². The normalized spacial score (nSPS) is 18.6. The van der Waals surface area contributed by atoms with Gasteiger partial charge in [0.25, 0.3) is 0 Å². The summed E-state index contributed by atoms with van der Waals surface area (Å²) in [6.07, 6.45) is 5.05. The second-order valence-electron chi connectivity index (χ2n) is 14.1. The van der Waals surface area contributed by atoms with E-state index in [0.717, 1.165) is 13.1 Å². The van der Waals surface area contributed by atoms with Crippen LogP contribution in [0.3, 0.4) is 0 Å². The van der Waals surface area contributed by atoms with Gasteiger partial charge in [0, 0.05) is 22.9 Å². The highest BCUT2D eigenvalue weighted by Crippen LogP contribution is 2.42. The van der Waals surface area contributed by atoms with Crippen molar-refractivity contribution in [3.8, 4) is 0 Å². The molecule has 0 radical (unpaired) electrons. The summed E-state index contributed by atoms with van der Waals surface area (Å²) >= 11 is 0. The Morgan fingerprint density at radius 1 is 0.500 bits per heavy atom. The van der Waals surface area contributed by atoms with Crippen LogP contribution in [0.15, 0.2) is 84.9 Å². The van der Waals surface area contributed by atoms with Gasteiger partial charge in [-0.3, -0.25) is 0 Å². The molecule has 6 rings (SSSR count). The topological polar surface area (TPSA) is 24.1 Å². The molecule has 0 aromatic heterocycles. The van der Waals surface area contributed by atoms with Gasteiger partial charge in [-0.1, -0.05) is 107 Å². The second-order valence-corrected chi connectivity index (χ2v) is 14.1. The summed E-state index contributed by atoms with van der Waals surface area (Å²) in [5, 5.41) is 7.52. The van der Waals surface area contributed by atoms with Gasteiger partial charge < -0.3 is 10.6 Å². The van der Waals surface area contributed by atoms with Crippen LogP contribution in [0, 0.1) is 41.5 Å². The SMILES string of the molecule is Cc1cc(C)cc(C(C)(c2cc(C)cc(C)c2)C2CCCN2)c1.Cc1ccccc1C(C)(c1ccccc1C)C1CCCN1. The largest absolute Gasteiger partial charge is 0.313 e. The van der Waals surface area contributed by atoms with Crippen LogP contribution < -0.4 is 10.6 Å². The van der Waals surface area contributed by atoms with E-state index in [2.05, 4.69) is 151 Å². The van der Waals surface area contributed by atoms with E-state index in [1.165, 1.54) is 81.3 Å². The van der Waals surface area contributed by atoms with Gasteiger partial charge in [0.05, 0.1) is 0 Å². The van der Waals surface area contributed by atoms with Gasteiger partial charge in [0.1, 0.15) is 0 Å². The quantitative estimate of drug-likeness (QED) is 0.235. The zero-order chi connectivity index (χ0) is 31.5. The van der Waals surface area contributed by atoms with Crippen LogP contribution in [0.25, 0.3) is 0 Å². The Kier molecular flexibility index (Phi) is 9.83. The van der Waals surface area contributed by atoms with Gasteiger partial charge in [0.2, 0.25) is 0 Å². The fourth-order valence-corrected chi connectivity index (χ4v) is 8.30. The Bertz CT molecular complexity index is 1430. The van der Waals surface area contributed by atoms with Gasteiger partial charge in [-0.2, -0.15) is 0 Å². The highest BCUT2D eigenvalue weighted by Gasteiger charge is 2.41. The Morgan fingerprint density at radius 3 is 1.20 bits per heavy atom. The first kappa shape index (κ1) is 32.2. The van der Waals surface area contributed by atoms with E-state index in [4.69, 9.17) is 0 Å². The van der Waals surface area contributed by atoms with E-state index in [-0.39, 0.29) is 10.8 Å². The minimum absolute atomic E-state index is 0.0179. The first-order valence-electron chi connectivity index (χ1n) is 16.8. The summed E-state index contributed by atoms with van der Waals surface area (Å²) in [6.45, 7) is 20.4. The maximum absolute atomic E-state index is 3.77. The molecule has 2 aliphatic heterocycles. The van der Waals surface area contributed by atoms with Crippen molar-refractivity contribution in [1.82, 2.24) is 10.6 Å². The van der Waals surface area contributed by atoms with E-state index in [9.17, 15) is 0 Å². The molecular weight excluding hydrogens is 532 g/mol. The smallest absolute Gasteiger partial charge is 0.0332 e. The molecule has 2 atom stereocenters. The molecule has 4 aromatic rings. The predicted octanol–water partition coefficient (Wildman–Crippen LogP) is 9.34. The van der Waals surface area contributed by atoms with E-state index >= 15 is 0 Å². The number of nitrogens with one attached hydrogen (secondary N) is 2. The minimum Gasteiger partial charge on any atom is -0.313 e. The van der Waals surface area contributed by atoms with Crippen LogP contribution in [0.5, 0.6) is 0 Å². The average Bonchev–Trinajstić information content (AvgIpc) is 3.72. The lowest BCUT2D eigenvalue weighted by Gasteiger charge is -2.39. The molecule has 0 spiro atoms. The summed E-state index contributed by atoms with van der Waals surface area (Å²) in [6, 6.07) is 32.8. The van der Waals surface area contributed by atoms with Gasteiger partial charge in [-0.15, -0.1) is 0 Å². The molecule has 0 saturated carbocycles. The number of benzene rings is 4. The molecule has 2 fully saturated rings.